The van der Waals surface area contributed by atoms with Crippen molar-refractivity contribution in [3.8, 4) is 6.07 Å². The van der Waals surface area contributed by atoms with Crippen LogP contribution in [0, 0.1) is 11.3 Å². The third kappa shape index (κ3) is 3.58. The highest BCUT2D eigenvalue weighted by Crippen LogP contribution is 2.34. The zero-order valence-electron chi connectivity index (χ0n) is 8.47. The molecule has 0 amide bonds. The van der Waals surface area contributed by atoms with E-state index in [-0.39, 0.29) is 0 Å². The molecule has 0 bridgehead atoms. The maximum atomic E-state index is 12.1. The predicted molar refractivity (Wildman–Crippen MR) is 53.6 cm³/mol. The lowest BCUT2D eigenvalue weighted by atomic mass is 9.97. The second-order valence-corrected chi connectivity index (χ2v) is 4.89. The maximum Gasteiger partial charge on any atom is 0.401 e. The van der Waals surface area contributed by atoms with E-state index in [4.69, 9.17) is 5.26 Å². The van der Waals surface area contributed by atoms with Gasteiger partial charge in [0.1, 0.15) is 4.75 Å². The maximum absolute atomic E-state index is 12.1. The van der Waals surface area contributed by atoms with E-state index in [9.17, 15) is 13.2 Å². The fourth-order valence-electron chi connectivity index (χ4n) is 1.69. The van der Waals surface area contributed by atoms with Crippen LogP contribution in [-0.4, -0.2) is 41.7 Å². The van der Waals surface area contributed by atoms with Crippen molar-refractivity contribution < 1.29 is 13.2 Å². The average Bonchev–Trinajstić information content (AvgIpc) is 2.17. The molecule has 0 saturated carbocycles. The monoisotopic (exact) mass is 238 g/mol. The van der Waals surface area contributed by atoms with Crippen LogP contribution >= 0.6 is 11.8 Å². The Morgan fingerprint density at radius 3 is 2.27 bits per heavy atom. The molecule has 1 aliphatic rings. The smallest absolute Gasteiger partial charge is 0.295 e. The summed E-state index contributed by atoms with van der Waals surface area (Å²) in [5, 5.41) is 8.95. The second-order valence-electron chi connectivity index (χ2n) is 3.70. The van der Waals surface area contributed by atoms with Gasteiger partial charge in [-0.1, -0.05) is 0 Å². The summed E-state index contributed by atoms with van der Waals surface area (Å²) in [6.07, 6.45) is -1.27. The number of hydrogen-bond acceptors (Lipinski definition) is 3. The lowest BCUT2D eigenvalue weighted by molar-refractivity contribution is -0.147. The number of nitrogens with zero attached hydrogens (tertiary/aromatic N) is 2. The van der Waals surface area contributed by atoms with Gasteiger partial charge in [-0.25, -0.2) is 0 Å². The van der Waals surface area contributed by atoms with Crippen LogP contribution in [0.25, 0.3) is 0 Å². The Bertz CT molecular complexity index is 251. The van der Waals surface area contributed by atoms with Gasteiger partial charge in [0.05, 0.1) is 12.6 Å². The molecule has 0 aliphatic carbocycles. The largest absolute Gasteiger partial charge is 0.401 e. The van der Waals surface area contributed by atoms with Crippen molar-refractivity contribution in [3.05, 3.63) is 0 Å². The third-order valence-corrected chi connectivity index (χ3v) is 3.94. The van der Waals surface area contributed by atoms with E-state index in [0.29, 0.717) is 25.9 Å². The Hall–Kier alpha value is -0.410. The zero-order valence-corrected chi connectivity index (χ0v) is 9.29. The van der Waals surface area contributed by atoms with E-state index < -0.39 is 17.5 Å². The highest BCUT2D eigenvalue weighted by atomic mass is 32.2. The lowest BCUT2D eigenvalue weighted by Gasteiger charge is -2.36. The van der Waals surface area contributed by atoms with Crippen molar-refractivity contribution in [2.75, 3.05) is 25.9 Å². The molecular weight excluding hydrogens is 225 g/mol. The van der Waals surface area contributed by atoms with Crippen LogP contribution in [0.5, 0.6) is 0 Å². The molecule has 2 nitrogen and oxygen atoms in total. The summed E-state index contributed by atoms with van der Waals surface area (Å²) in [5.41, 5.74) is 0. The number of nitriles is 1. The van der Waals surface area contributed by atoms with E-state index in [0.717, 1.165) is 0 Å². The molecule has 0 aromatic rings. The van der Waals surface area contributed by atoms with Crippen molar-refractivity contribution in [1.82, 2.24) is 4.90 Å². The fraction of sp³-hybridized carbons (Fsp3) is 0.889. The number of halogens is 3. The molecule has 0 atom stereocenters. The number of alkyl halides is 3. The minimum Gasteiger partial charge on any atom is -0.295 e. The molecule has 86 valence electrons. The number of hydrogen-bond donors (Lipinski definition) is 0. The molecule has 0 aromatic carbocycles. The quantitative estimate of drug-likeness (QED) is 0.738. The van der Waals surface area contributed by atoms with Gasteiger partial charge in [0.25, 0.3) is 0 Å². The van der Waals surface area contributed by atoms with Crippen LogP contribution in [-0.2, 0) is 0 Å². The first-order chi connectivity index (χ1) is 6.91. The SMILES string of the molecule is CSC1(C#N)CCN(CC(F)(F)F)CC1. The molecule has 1 fully saturated rings. The first-order valence-corrected chi connectivity index (χ1v) is 5.89. The Morgan fingerprint density at radius 2 is 1.93 bits per heavy atom. The minimum atomic E-state index is -4.13. The minimum absolute atomic E-state index is 0.355. The van der Waals surface area contributed by atoms with Gasteiger partial charge in [-0.2, -0.15) is 18.4 Å². The van der Waals surface area contributed by atoms with Crippen molar-refractivity contribution >= 4 is 11.8 Å². The number of piperidine rings is 1. The highest BCUT2D eigenvalue weighted by Gasteiger charge is 2.38. The van der Waals surface area contributed by atoms with Crippen molar-refractivity contribution in [3.63, 3.8) is 0 Å². The van der Waals surface area contributed by atoms with Gasteiger partial charge in [-0.15, -0.1) is 11.8 Å². The summed E-state index contributed by atoms with van der Waals surface area (Å²) in [4.78, 5) is 1.37. The molecule has 1 aliphatic heterocycles. The van der Waals surface area contributed by atoms with E-state index >= 15 is 0 Å². The fourth-order valence-corrected chi connectivity index (χ4v) is 2.37. The van der Waals surface area contributed by atoms with Crippen molar-refractivity contribution in [1.29, 1.82) is 5.26 Å². The molecule has 1 rings (SSSR count). The molecule has 0 N–H and O–H groups in total. The van der Waals surface area contributed by atoms with Crippen LogP contribution in [0.2, 0.25) is 0 Å². The highest BCUT2D eigenvalue weighted by molar-refractivity contribution is 8.00. The van der Waals surface area contributed by atoms with E-state index in [1.165, 1.54) is 16.7 Å². The molecule has 1 saturated heterocycles. The van der Waals surface area contributed by atoms with Crippen LogP contribution in [0.3, 0.4) is 0 Å². The van der Waals surface area contributed by atoms with Crippen LogP contribution in [0.4, 0.5) is 13.2 Å². The average molecular weight is 238 g/mol. The van der Waals surface area contributed by atoms with Gasteiger partial charge in [0, 0.05) is 13.1 Å². The molecule has 0 spiro atoms. The molecule has 6 heteroatoms. The summed E-state index contributed by atoms with van der Waals surface area (Å²) in [5.74, 6) is 0. The van der Waals surface area contributed by atoms with Crippen LogP contribution in [0.15, 0.2) is 0 Å². The standard InChI is InChI=1S/C9H13F3N2S/c1-15-8(6-13)2-4-14(5-3-8)7-9(10,11)12/h2-5,7H2,1H3. The van der Waals surface area contributed by atoms with Gasteiger partial charge in [0.15, 0.2) is 0 Å². The van der Waals surface area contributed by atoms with Crippen LogP contribution < -0.4 is 0 Å². The molecule has 0 unspecified atom stereocenters. The van der Waals surface area contributed by atoms with Gasteiger partial charge in [-0.05, 0) is 19.1 Å². The number of rotatable bonds is 2. The zero-order chi connectivity index (χ0) is 11.5. The summed E-state index contributed by atoms with van der Waals surface area (Å²) in [6, 6.07) is 2.21. The topological polar surface area (TPSA) is 27.0 Å². The number of likely N-dealkylation sites (tertiary alicyclic amines) is 1. The van der Waals surface area contributed by atoms with Gasteiger partial charge in [-0.3, -0.25) is 4.90 Å². The normalized spacial score (nSPS) is 22.3. The summed E-state index contributed by atoms with van der Waals surface area (Å²) in [7, 11) is 0. The summed E-state index contributed by atoms with van der Waals surface area (Å²) >= 11 is 1.44. The van der Waals surface area contributed by atoms with E-state index in [1.807, 2.05) is 6.26 Å². The predicted octanol–water partition coefficient (Wildman–Crippen LogP) is 2.27. The Morgan fingerprint density at radius 1 is 1.40 bits per heavy atom. The Balaban J connectivity index is 2.46. The first kappa shape index (κ1) is 12.7. The van der Waals surface area contributed by atoms with Crippen molar-refractivity contribution in [2.45, 2.75) is 23.8 Å². The summed E-state index contributed by atoms with van der Waals surface area (Å²) < 4.78 is 35.8. The first-order valence-electron chi connectivity index (χ1n) is 4.66. The molecule has 0 radical (unpaired) electrons. The number of thioether (sulfide) groups is 1. The van der Waals surface area contributed by atoms with Gasteiger partial charge in [0.2, 0.25) is 0 Å². The molecule has 1 heterocycles. The van der Waals surface area contributed by atoms with Gasteiger partial charge >= 0.3 is 6.18 Å². The van der Waals surface area contributed by atoms with E-state index in [1.54, 1.807) is 0 Å². The lowest BCUT2D eigenvalue weighted by Crippen LogP contribution is -2.45. The molecule has 15 heavy (non-hydrogen) atoms. The van der Waals surface area contributed by atoms with Crippen LogP contribution in [0.1, 0.15) is 12.8 Å². The van der Waals surface area contributed by atoms with Crippen molar-refractivity contribution in [2.24, 2.45) is 0 Å². The Labute approximate surface area is 91.4 Å². The van der Waals surface area contributed by atoms with E-state index in [2.05, 4.69) is 6.07 Å². The summed E-state index contributed by atoms with van der Waals surface area (Å²) in [6.45, 7) is -0.148. The van der Waals surface area contributed by atoms with Gasteiger partial charge < -0.3 is 0 Å². The third-order valence-electron chi connectivity index (χ3n) is 2.66. The Kier molecular flexibility index (Phi) is 3.90. The second kappa shape index (κ2) is 4.62. The molecule has 0 aromatic heterocycles. The molecular formula is C9H13F3N2S.